The number of ether oxygens (including phenoxy) is 1. The molecule has 0 radical (unpaired) electrons. The molecule has 1 heterocycles. The molecule has 60 heavy (non-hydrogen) atoms. The summed E-state index contributed by atoms with van der Waals surface area (Å²) in [6.07, 6.45) is 5.50. The van der Waals surface area contributed by atoms with Crippen LogP contribution in [0.3, 0.4) is 0 Å². The van der Waals surface area contributed by atoms with Gasteiger partial charge in [-0.15, -0.1) is 0 Å². The summed E-state index contributed by atoms with van der Waals surface area (Å²) >= 11 is 6.15. The summed E-state index contributed by atoms with van der Waals surface area (Å²) < 4.78 is 5.89. The molecule has 4 rings (SSSR count). The normalized spacial score (nSPS) is 13.0. The topological polar surface area (TPSA) is 275 Å². The number of rotatable bonds is 26. The molecule has 0 aliphatic carbocycles. The third-order valence-corrected chi connectivity index (χ3v) is 9.98. The number of para-hydroxylation sites is 1. The first-order valence-electron chi connectivity index (χ1n) is 20.1. The van der Waals surface area contributed by atoms with Gasteiger partial charge in [-0.05, 0) is 67.1 Å². The summed E-state index contributed by atoms with van der Waals surface area (Å²) in [6, 6.07) is 18.9. The van der Waals surface area contributed by atoms with Crippen LogP contribution in [0.25, 0.3) is 10.9 Å². The maximum atomic E-state index is 14.3. The highest BCUT2D eigenvalue weighted by Crippen LogP contribution is 2.19. The Labute approximate surface area is 355 Å². The van der Waals surface area contributed by atoms with E-state index in [0.29, 0.717) is 23.6 Å². The van der Waals surface area contributed by atoms with Gasteiger partial charge in [0, 0.05) is 47.9 Å². The standard InChI is InChI=1S/C43H57ClN10O6/c44-31-19-17-28(18-20-31)23-36(54-42(59)37(27-60-26-29-11-4-3-5-12-29)51-38(55)16-6-1-2-9-21-45)41(58)52-34(15-10-22-49-43(47)48)40(57)53-35(39(46)56)24-30-25-50-33-14-8-7-13-32(30)33/h3-5,7-8,11-14,17-20,25,34-37,50H,1-2,6,9-10,15-16,21-24,26-27,45H2,(H2,46,56)(H,51,55)(H,52,58)(H,53,57)(H,54,59)(H4,47,48,49)/t34-,35-,36+,37-/m0/s1. The molecule has 0 unspecified atom stereocenters. The minimum absolute atomic E-state index is 0.00572. The number of aliphatic imine (C=N–C) groups is 1. The zero-order valence-corrected chi connectivity index (χ0v) is 34.4. The monoisotopic (exact) mass is 844 g/mol. The number of nitrogens with zero attached hydrogens (tertiary/aromatic N) is 1. The maximum absolute atomic E-state index is 14.3. The minimum atomic E-state index is -1.24. The van der Waals surface area contributed by atoms with E-state index in [2.05, 4.69) is 31.2 Å². The van der Waals surface area contributed by atoms with Gasteiger partial charge in [0.15, 0.2) is 5.96 Å². The van der Waals surface area contributed by atoms with E-state index < -0.39 is 47.8 Å². The lowest BCUT2D eigenvalue weighted by Crippen LogP contribution is -2.59. The van der Waals surface area contributed by atoms with Crippen LogP contribution in [0.1, 0.15) is 61.6 Å². The lowest BCUT2D eigenvalue weighted by Gasteiger charge is -2.26. The minimum Gasteiger partial charge on any atom is -0.374 e. The highest BCUT2D eigenvalue weighted by molar-refractivity contribution is 6.30. The molecule has 17 heteroatoms. The number of nitrogens with one attached hydrogen (secondary N) is 5. The number of fused-ring (bicyclic) bond motifs is 1. The SMILES string of the molecule is NCCCCCCC(=O)N[C@@H](COCc1ccccc1)C(=O)N[C@H](Cc1ccc(Cl)cc1)C(=O)N[C@@H](CCCN=C(N)N)C(=O)N[C@@H](Cc1c[nH]c2ccccc12)C(N)=O. The van der Waals surface area contributed by atoms with Gasteiger partial charge < -0.3 is 53.9 Å². The number of unbranched alkanes of at least 4 members (excludes halogenated alkanes) is 3. The van der Waals surface area contributed by atoms with E-state index in [0.717, 1.165) is 41.3 Å². The van der Waals surface area contributed by atoms with Crippen molar-refractivity contribution >= 4 is 58.0 Å². The summed E-state index contributed by atoms with van der Waals surface area (Å²) in [5.74, 6) is -3.32. The number of H-pyrrole nitrogens is 1. The van der Waals surface area contributed by atoms with Crippen molar-refractivity contribution in [3.05, 3.63) is 107 Å². The molecule has 16 nitrogen and oxygen atoms in total. The Bertz CT molecular complexity index is 2020. The zero-order chi connectivity index (χ0) is 43.3. The number of hydrogen-bond donors (Lipinski definition) is 9. The van der Waals surface area contributed by atoms with Crippen molar-refractivity contribution in [2.24, 2.45) is 27.9 Å². The Kier molecular flexibility index (Phi) is 19.3. The number of carbonyl (C=O) groups excluding carboxylic acids is 5. The number of nitrogens with two attached hydrogens (primary N) is 4. The van der Waals surface area contributed by atoms with Crippen LogP contribution in [0.15, 0.2) is 90.1 Å². The second-order valence-electron chi connectivity index (χ2n) is 14.5. The first-order valence-corrected chi connectivity index (χ1v) is 20.5. The Balaban J connectivity index is 1.55. The highest BCUT2D eigenvalue weighted by atomic mass is 35.5. The lowest BCUT2D eigenvalue weighted by atomic mass is 10.0. The predicted molar refractivity (Wildman–Crippen MR) is 232 cm³/mol. The fourth-order valence-corrected chi connectivity index (χ4v) is 6.63. The smallest absolute Gasteiger partial charge is 0.245 e. The van der Waals surface area contributed by atoms with Crippen molar-refractivity contribution in [3.63, 3.8) is 0 Å². The molecule has 13 N–H and O–H groups in total. The summed E-state index contributed by atoms with van der Waals surface area (Å²) in [5, 5.41) is 12.4. The molecule has 0 spiro atoms. The molecule has 0 saturated heterocycles. The average Bonchev–Trinajstić information content (AvgIpc) is 3.64. The summed E-state index contributed by atoms with van der Waals surface area (Å²) in [7, 11) is 0. The lowest BCUT2D eigenvalue weighted by molar-refractivity contribution is -0.135. The van der Waals surface area contributed by atoms with E-state index in [9.17, 15) is 24.0 Å². The van der Waals surface area contributed by atoms with Crippen molar-refractivity contribution in [2.75, 3.05) is 19.7 Å². The molecule has 0 fully saturated rings. The predicted octanol–water partition coefficient (Wildman–Crippen LogP) is 2.21. The molecule has 0 aliphatic rings. The Morgan fingerprint density at radius 2 is 1.33 bits per heavy atom. The molecule has 3 aromatic carbocycles. The summed E-state index contributed by atoms with van der Waals surface area (Å²) in [4.78, 5) is 75.2. The fourth-order valence-electron chi connectivity index (χ4n) is 6.50. The number of guanidine groups is 1. The van der Waals surface area contributed by atoms with E-state index in [1.54, 1.807) is 30.5 Å². The maximum Gasteiger partial charge on any atom is 0.245 e. The van der Waals surface area contributed by atoms with Crippen LogP contribution in [0.4, 0.5) is 0 Å². The second-order valence-corrected chi connectivity index (χ2v) is 14.9. The Hall–Kier alpha value is -5.97. The molecule has 0 saturated carbocycles. The van der Waals surface area contributed by atoms with Crippen LogP contribution >= 0.6 is 11.6 Å². The first kappa shape index (κ1) is 46.7. The van der Waals surface area contributed by atoms with E-state index >= 15 is 0 Å². The number of aromatic nitrogens is 1. The molecular formula is C43H57ClN10O6. The number of hydrogen-bond acceptors (Lipinski definition) is 8. The molecule has 0 aliphatic heterocycles. The van der Waals surface area contributed by atoms with Gasteiger partial charge in [0.25, 0.3) is 0 Å². The summed E-state index contributed by atoms with van der Waals surface area (Å²) in [5.41, 5.74) is 25.5. The van der Waals surface area contributed by atoms with Crippen molar-refractivity contribution in [1.29, 1.82) is 0 Å². The van der Waals surface area contributed by atoms with Gasteiger partial charge in [-0.2, -0.15) is 0 Å². The highest BCUT2D eigenvalue weighted by Gasteiger charge is 2.32. The number of carbonyl (C=O) groups is 5. The molecule has 322 valence electrons. The van der Waals surface area contributed by atoms with E-state index in [4.69, 9.17) is 39.3 Å². The van der Waals surface area contributed by atoms with E-state index in [1.807, 2.05) is 54.6 Å². The molecule has 1 aromatic heterocycles. The first-order chi connectivity index (χ1) is 28.9. The third-order valence-electron chi connectivity index (χ3n) is 9.73. The van der Waals surface area contributed by atoms with Gasteiger partial charge >= 0.3 is 0 Å². The van der Waals surface area contributed by atoms with Gasteiger partial charge in [-0.1, -0.05) is 85.1 Å². The van der Waals surface area contributed by atoms with Crippen molar-refractivity contribution in [1.82, 2.24) is 26.3 Å². The summed E-state index contributed by atoms with van der Waals surface area (Å²) in [6.45, 7) is 0.715. The van der Waals surface area contributed by atoms with E-state index in [-0.39, 0.29) is 63.7 Å². The van der Waals surface area contributed by atoms with E-state index in [1.165, 1.54) is 0 Å². The van der Waals surface area contributed by atoms with Crippen LogP contribution in [-0.2, 0) is 48.2 Å². The molecule has 4 aromatic rings. The Morgan fingerprint density at radius 1 is 0.683 bits per heavy atom. The molecule has 4 atom stereocenters. The van der Waals surface area contributed by atoms with Crippen molar-refractivity contribution in [2.45, 2.75) is 88.6 Å². The third kappa shape index (κ3) is 16.0. The number of amides is 5. The van der Waals surface area contributed by atoms with Gasteiger partial charge in [0.05, 0.1) is 13.2 Å². The van der Waals surface area contributed by atoms with Gasteiger partial charge in [-0.25, -0.2) is 0 Å². The Morgan fingerprint density at radius 3 is 2.05 bits per heavy atom. The molecule has 5 amide bonds. The van der Waals surface area contributed by atoms with Crippen molar-refractivity contribution < 1.29 is 28.7 Å². The number of benzene rings is 3. The quantitative estimate of drug-likeness (QED) is 0.0254. The zero-order valence-electron chi connectivity index (χ0n) is 33.7. The van der Waals surface area contributed by atoms with Crippen LogP contribution < -0.4 is 44.2 Å². The second kappa shape index (κ2) is 24.8. The van der Waals surface area contributed by atoms with Crippen LogP contribution in [0, 0.1) is 0 Å². The number of halogens is 1. The number of aromatic amines is 1. The van der Waals surface area contributed by atoms with Crippen LogP contribution in [-0.4, -0.2) is 84.3 Å². The fraction of sp³-hybridized carbons (Fsp3) is 0.395. The van der Waals surface area contributed by atoms with Crippen molar-refractivity contribution in [3.8, 4) is 0 Å². The van der Waals surface area contributed by atoms with Gasteiger partial charge in [-0.3, -0.25) is 29.0 Å². The largest absolute Gasteiger partial charge is 0.374 e. The molecule has 0 bridgehead atoms. The molecular weight excluding hydrogens is 788 g/mol. The van der Waals surface area contributed by atoms with Gasteiger partial charge in [0.1, 0.15) is 24.2 Å². The van der Waals surface area contributed by atoms with Crippen LogP contribution in [0.2, 0.25) is 5.02 Å². The van der Waals surface area contributed by atoms with Crippen LogP contribution in [0.5, 0.6) is 0 Å². The average molecular weight is 845 g/mol. The number of primary amides is 1. The van der Waals surface area contributed by atoms with Gasteiger partial charge in [0.2, 0.25) is 29.5 Å².